The molecule has 1 aliphatic heterocycles. The van der Waals surface area contributed by atoms with Crippen LogP contribution in [0.25, 0.3) is 0 Å². The minimum absolute atomic E-state index is 0.0409. The van der Waals surface area contributed by atoms with Crippen molar-refractivity contribution in [1.29, 1.82) is 0 Å². The molecule has 1 aromatic carbocycles. The maximum Gasteiger partial charge on any atom is 0.159 e. The highest BCUT2D eigenvalue weighted by molar-refractivity contribution is 6.01. The number of carbonyl (C=O) groups excluding carboxylic acids is 1. The van der Waals surface area contributed by atoms with Crippen molar-refractivity contribution in [3.8, 4) is 0 Å². The van der Waals surface area contributed by atoms with E-state index in [-0.39, 0.29) is 11.2 Å². The summed E-state index contributed by atoms with van der Waals surface area (Å²) in [6.07, 6.45) is 0. The number of fused-ring (bicyclic) bond motifs is 1. The Morgan fingerprint density at radius 3 is 2.60 bits per heavy atom. The van der Waals surface area contributed by atoms with Crippen LogP contribution in [0, 0.1) is 0 Å². The Morgan fingerprint density at radius 1 is 1.33 bits per heavy atom. The predicted molar refractivity (Wildman–Crippen MR) is 62.2 cm³/mol. The predicted octanol–water partition coefficient (Wildman–Crippen LogP) is 3.27. The molecule has 0 atom stereocenters. The van der Waals surface area contributed by atoms with E-state index in [1.54, 1.807) is 6.92 Å². The number of rotatable bonds is 1. The Labute approximate surface area is 90.0 Å². The zero-order valence-electron chi connectivity index (χ0n) is 9.59. The van der Waals surface area contributed by atoms with E-state index < -0.39 is 0 Å². The van der Waals surface area contributed by atoms with Crippen molar-refractivity contribution in [3.63, 3.8) is 0 Å². The van der Waals surface area contributed by atoms with Crippen LogP contribution in [-0.2, 0) is 5.41 Å². The van der Waals surface area contributed by atoms with Crippen LogP contribution in [-0.4, -0.2) is 11.5 Å². The molecule has 78 valence electrons. The second-order valence-electron chi connectivity index (χ2n) is 4.61. The molecular formula is C13H15NO. The van der Waals surface area contributed by atoms with E-state index in [2.05, 4.69) is 18.8 Å². The molecule has 1 aliphatic rings. The van der Waals surface area contributed by atoms with Crippen LogP contribution < -0.4 is 0 Å². The number of carbonyl (C=O) groups is 1. The molecule has 0 aliphatic carbocycles. The largest absolute Gasteiger partial charge is 0.295 e. The molecule has 0 fully saturated rings. The van der Waals surface area contributed by atoms with Gasteiger partial charge < -0.3 is 0 Å². The van der Waals surface area contributed by atoms with Crippen molar-refractivity contribution < 1.29 is 4.79 Å². The molecule has 0 amide bonds. The number of nitrogens with zero attached hydrogens (tertiary/aromatic N) is 1. The number of ketones is 1. The topological polar surface area (TPSA) is 29.4 Å². The van der Waals surface area contributed by atoms with Crippen LogP contribution >= 0.6 is 0 Å². The van der Waals surface area contributed by atoms with Crippen molar-refractivity contribution in [2.75, 3.05) is 0 Å². The summed E-state index contributed by atoms with van der Waals surface area (Å²) in [6, 6.07) is 5.75. The smallest absolute Gasteiger partial charge is 0.159 e. The van der Waals surface area contributed by atoms with E-state index in [9.17, 15) is 4.79 Å². The molecule has 0 N–H and O–H groups in total. The lowest BCUT2D eigenvalue weighted by Gasteiger charge is -2.20. The van der Waals surface area contributed by atoms with Gasteiger partial charge in [-0.2, -0.15) is 0 Å². The van der Waals surface area contributed by atoms with E-state index in [4.69, 9.17) is 0 Å². The maximum atomic E-state index is 11.3. The standard InChI is InChI=1S/C13H15NO/c1-8(15)10-5-6-12-11(7-10)13(3,4)9(2)14-12/h5-7H,1-4H3. The molecule has 0 radical (unpaired) electrons. The Morgan fingerprint density at radius 2 is 2.00 bits per heavy atom. The van der Waals surface area contributed by atoms with Crippen LogP contribution in [0.2, 0.25) is 0 Å². The van der Waals surface area contributed by atoms with E-state index in [0.717, 1.165) is 22.5 Å². The molecular weight excluding hydrogens is 186 g/mol. The second kappa shape index (κ2) is 3.02. The third kappa shape index (κ3) is 1.41. The SMILES string of the molecule is CC(=O)c1ccc2c(c1)C(C)(C)C(C)=N2. The lowest BCUT2D eigenvalue weighted by Crippen LogP contribution is -2.22. The van der Waals surface area contributed by atoms with Crippen molar-refractivity contribution >= 4 is 17.2 Å². The van der Waals surface area contributed by atoms with Gasteiger partial charge >= 0.3 is 0 Å². The fourth-order valence-corrected chi connectivity index (χ4v) is 1.87. The first-order valence-corrected chi connectivity index (χ1v) is 5.14. The lowest BCUT2D eigenvalue weighted by atomic mass is 9.81. The van der Waals surface area contributed by atoms with Crippen LogP contribution in [0.5, 0.6) is 0 Å². The quantitative estimate of drug-likeness (QED) is 0.641. The molecule has 1 heterocycles. The van der Waals surface area contributed by atoms with Gasteiger partial charge in [0.05, 0.1) is 5.69 Å². The molecule has 0 saturated carbocycles. The fourth-order valence-electron chi connectivity index (χ4n) is 1.87. The summed E-state index contributed by atoms with van der Waals surface area (Å²) in [7, 11) is 0. The summed E-state index contributed by atoms with van der Waals surface area (Å²) in [6.45, 7) is 7.91. The minimum Gasteiger partial charge on any atom is -0.295 e. The van der Waals surface area contributed by atoms with Crippen LogP contribution in [0.4, 0.5) is 5.69 Å². The normalized spacial score (nSPS) is 17.2. The van der Waals surface area contributed by atoms with Crippen molar-refractivity contribution in [1.82, 2.24) is 0 Å². The number of aliphatic imine (C=N–C) groups is 1. The molecule has 1 aromatic rings. The molecule has 0 saturated heterocycles. The summed E-state index contributed by atoms with van der Waals surface area (Å²) in [5, 5.41) is 0. The first kappa shape index (κ1) is 10.1. The first-order chi connectivity index (χ1) is 6.93. The van der Waals surface area contributed by atoms with Gasteiger partial charge in [-0.3, -0.25) is 9.79 Å². The Balaban J connectivity index is 2.60. The average molecular weight is 201 g/mol. The highest BCUT2D eigenvalue weighted by Crippen LogP contribution is 2.40. The molecule has 2 rings (SSSR count). The van der Waals surface area contributed by atoms with E-state index in [1.165, 1.54) is 0 Å². The number of Topliss-reactive ketones (excluding diaryl/α,β-unsaturated/α-hetero) is 1. The molecule has 0 bridgehead atoms. The second-order valence-corrected chi connectivity index (χ2v) is 4.61. The van der Waals surface area contributed by atoms with Gasteiger partial charge in [-0.15, -0.1) is 0 Å². The number of benzene rings is 1. The number of hydrogen-bond donors (Lipinski definition) is 0. The zero-order chi connectivity index (χ0) is 11.2. The third-order valence-corrected chi connectivity index (χ3v) is 3.27. The maximum absolute atomic E-state index is 11.3. The fraction of sp³-hybridized carbons (Fsp3) is 0.385. The van der Waals surface area contributed by atoms with Gasteiger partial charge in [0.15, 0.2) is 5.78 Å². The van der Waals surface area contributed by atoms with Gasteiger partial charge in [0.2, 0.25) is 0 Å². The van der Waals surface area contributed by atoms with Gasteiger partial charge in [-0.1, -0.05) is 13.8 Å². The minimum atomic E-state index is -0.0409. The van der Waals surface area contributed by atoms with E-state index in [0.29, 0.717) is 0 Å². The lowest BCUT2D eigenvalue weighted by molar-refractivity contribution is 0.101. The highest BCUT2D eigenvalue weighted by Gasteiger charge is 2.32. The highest BCUT2D eigenvalue weighted by atomic mass is 16.1. The first-order valence-electron chi connectivity index (χ1n) is 5.14. The van der Waals surface area contributed by atoms with Crippen LogP contribution in [0.3, 0.4) is 0 Å². The van der Waals surface area contributed by atoms with Crippen molar-refractivity contribution in [2.24, 2.45) is 4.99 Å². The van der Waals surface area contributed by atoms with Crippen molar-refractivity contribution in [3.05, 3.63) is 29.3 Å². The molecule has 15 heavy (non-hydrogen) atoms. The average Bonchev–Trinajstić information content (AvgIpc) is 2.38. The summed E-state index contributed by atoms with van der Waals surface area (Å²) in [4.78, 5) is 15.8. The summed E-state index contributed by atoms with van der Waals surface area (Å²) < 4.78 is 0. The molecule has 0 aromatic heterocycles. The Kier molecular flexibility index (Phi) is 2.03. The summed E-state index contributed by atoms with van der Waals surface area (Å²) in [5.41, 5.74) is 4.00. The third-order valence-electron chi connectivity index (χ3n) is 3.27. The summed E-state index contributed by atoms with van der Waals surface area (Å²) >= 11 is 0. The summed E-state index contributed by atoms with van der Waals surface area (Å²) in [5.74, 6) is 0.109. The zero-order valence-corrected chi connectivity index (χ0v) is 9.59. The van der Waals surface area contributed by atoms with Gasteiger partial charge in [0.25, 0.3) is 0 Å². The van der Waals surface area contributed by atoms with E-state index in [1.807, 2.05) is 25.1 Å². The monoisotopic (exact) mass is 201 g/mol. The van der Waals surface area contributed by atoms with Gasteiger partial charge in [0.1, 0.15) is 0 Å². The molecule has 2 nitrogen and oxygen atoms in total. The van der Waals surface area contributed by atoms with Gasteiger partial charge in [-0.25, -0.2) is 0 Å². The Hall–Kier alpha value is -1.44. The Bertz CT molecular complexity index is 469. The van der Waals surface area contributed by atoms with Crippen molar-refractivity contribution in [2.45, 2.75) is 33.1 Å². The van der Waals surface area contributed by atoms with Gasteiger partial charge in [-0.05, 0) is 37.6 Å². The van der Waals surface area contributed by atoms with Gasteiger partial charge in [0, 0.05) is 16.7 Å². The molecule has 0 spiro atoms. The van der Waals surface area contributed by atoms with E-state index >= 15 is 0 Å². The van der Waals surface area contributed by atoms with Crippen LogP contribution in [0.1, 0.15) is 43.6 Å². The molecule has 0 unspecified atom stereocenters. The molecule has 2 heteroatoms. The van der Waals surface area contributed by atoms with Crippen LogP contribution in [0.15, 0.2) is 23.2 Å². The number of hydrogen-bond acceptors (Lipinski definition) is 2.